The molecule has 1 fully saturated rings. The van der Waals surface area contributed by atoms with Crippen LogP contribution in [0.1, 0.15) is 30.7 Å². The van der Waals surface area contributed by atoms with Gasteiger partial charge >= 0.3 is 6.09 Å². The van der Waals surface area contributed by atoms with E-state index in [1.807, 2.05) is 24.3 Å². The van der Waals surface area contributed by atoms with Gasteiger partial charge in [0.2, 0.25) is 5.91 Å². The zero-order valence-corrected chi connectivity index (χ0v) is 13.6. The summed E-state index contributed by atoms with van der Waals surface area (Å²) in [5, 5.41) is 3.77. The van der Waals surface area contributed by atoms with Crippen LogP contribution in [-0.2, 0) is 9.53 Å². The molecule has 1 aliphatic rings. The van der Waals surface area contributed by atoms with Gasteiger partial charge in [-0.15, -0.1) is 0 Å². The van der Waals surface area contributed by atoms with Crippen LogP contribution in [0, 0.1) is 0 Å². The van der Waals surface area contributed by atoms with E-state index in [2.05, 4.69) is 10.1 Å². The van der Waals surface area contributed by atoms with Gasteiger partial charge in [-0.2, -0.15) is 0 Å². The van der Waals surface area contributed by atoms with Crippen LogP contribution in [0.15, 0.2) is 24.3 Å². The first-order chi connectivity index (χ1) is 10.5. The summed E-state index contributed by atoms with van der Waals surface area (Å²) in [7, 11) is 2.99. The molecule has 0 saturated heterocycles. The molecule has 1 aliphatic carbocycles. The second-order valence-electron chi connectivity index (χ2n) is 5.53. The monoisotopic (exact) mass is 324 g/mol. The fourth-order valence-corrected chi connectivity index (χ4v) is 2.75. The maximum absolute atomic E-state index is 11.9. The molecule has 2 atom stereocenters. The Bertz CT molecular complexity index is 550. The van der Waals surface area contributed by atoms with E-state index in [-0.39, 0.29) is 18.0 Å². The molecule has 1 aromatic carbocycles. The number of carbonyl (C=O) groups is 2. The van der Waals surface area contributed by atoms with Crippen molar-refractivity contribution in [2.24, 2.45) is 0 Å². The molecular formula is C16H21ClN2O3. The van der Waals surface area contributed by atoms with Crippen molar-refractivity contribution >= 4 is 23.6 Å². The van der Waals surface area contributed by atoms with Gasteiger partial charge in [0.15, 0.2) is 0 Å². The molecule has 0 aliphatic heterocycles. The van der Waals surface area contributed by atoms with E-state index in [1.54, 1.807) is 7.05 Å². The number of benzene rings is 1. The highest BCUT2D eigenvalue weighted by atomic mass is 35.5. The topological polar surface area (TPSA) is 58.6 Å². The van der Waals surface area contributed by atoms with Crippen molar-refractivity contribution in [3.8, 4) is 0 Å². The fraction of sp³-hybridized carbons (Fsp3) is 0.500. The van der Waals surface area contributed by atoms with Crippen LogP contribution in [0.5, 0.6) is 0 Å². The molecule has 0 radical (unpaired) electrons. The predicted molar refractivity (Wildman–Crippen MR) is 85.0 cm³/mol. The highest BCUT2D eigenvalue weighted by Gasteiger charge is 2.40. The van der Waals surface area contributed by atoms with Crippen molar-refractivity contribution < 1.29 is 14.3 Å². The minimum atomic E-state index is -0.388. The number of nitrogens with zero attached hydrogens (tertiary/aromatic N) is 1. The average molecular weight is 325 g/mol. The van der Waals surface area contributed by atoms with Crippen LogP contribution in [0.3, 0.4) is 0 Å². The van der Waals surface area contributed by atoms with Gasteiger partial charge < -0.3 is 15.0 Å². The molecule has 0 heterocycles. The normalized spacial score (nSPS) is 19.4. The molecule has 2 amide bonds. The zero-order valence-electron chi connectivity index (χ0n) is 12.8. The Morgan fingerprint density at radius 3 is 2.82 bits per heavy atom. The molecule has 0 spiro atoms. The van der Waals surface area contributed by atoms with Gasteiger partial charge in [-0.1, -0.05) is 29.8 Å². The zero-order chi connectivity index (χ0) is 16.1. The van der Waals surface area contributed by atoms with Gasteiger partial charge in [0.25, 0.3) is 0 Å². The van der Waals surface area contributed by atoms with Gasteiger partial charge in [-0.05, 0) is 24.5 Å². The smallest absolute Gasteiger partial charge is 0.409 e. The van der Waals surface area contributed by atoms with E-state index in [9.17, 15) is 9.59 Å². The Kier molecular flexibility index (Phi) is 5.66. The SMILES string of the molecule is COC(=O)N(C)CCCC(=O)N[C@H]1C[C@@H]1c1ccccc1Cl. The Labute approximate surface area is 135 Å². The molecule has 5 nitrogen and oxygen atoms in total. The van der Waals surface area contributed by atoms with E-state index < -0.39 is 0 Å². The van der Waals surface area contributed by atoms with Gasteiger partial charge in [-0.3, -0.25) is 4.79 Å². The van der Waals surface area contributed by atoms with Crippen molar-refractivity contribution in [3.05, 3.63) is 34.9 Å². The number of halogens is 1. The van der Waals surface area contributed by atoms with E-state index in [1.165, 1.54) is 12.0 Å². The summed E-state index contributed by atoms with van der Waals surface area (Å²) in [6, 6.07) is 7.91. The van der Waals surface area contributed by atoms with Crippen molar-refractivity contribution in [3.63, 3.8) is 0 Å². The molecule has 120 valence electrons. The maximum Gasteiger partial charge on any atom is 0.409 e. The lowest BCUT2D eigenvalue weighted by Gasteiger charge is -2.14. The lowest BCUT2D eigenvalue weighted by molar-refractivity contribution is -0.121. The third-order valence-electron chi connectivity index (χ3n) is 3.83. The standard InChI is InChI=1S/C16H21ClN2O3/c1-19(16(21)22-2)9-5-8-15(20)18-14-10-12(14)11-6-3-4-7-13(11)17/h3-4,6-7,12,14H,5,8-10H2,1-2H3,(H,18,20)/t12-,14+/m1/s1. The van der Waals surface area contributed by atoms with Crippen LogP contribution >= 0.6 is 11.6 Å². The van der Waals surface area contributed by atoms with Gasteiger partial charge in [-0.25, -0.2) is 4.79 Å². The van der Waals surface area contributed by atoms with Crippen molar-refractivity contribution in [2.45, 2.75) is 31.2 Å². The number of amides is 2. The first-order valence-electron chi connectivity index (χ1n) is 7.35. The van der Waals surface area contributed by atoms with Crippen LogP contribution in [0.4, 0.5) is 4.79 Å². The first kappa shape index (κ1) is 16.6. The summed E-state index contributed by atoms with van der Waals surface area (Å²) in [6.45, 7) is 0.499. The highest BCUT2D eigenvalue weighted by Crippen LogP contribution is 2.43. The molecule has 0 bridgehead atoms. The summed E-state index contributed by atoms with van der Waals surface area (Å²) in [4.78, 5) is 24.6. The van der Waals surface area contributed by atoms with Gasteiger partial charge in [0, 0.05) is 37.0 Å². The summed E-state index contributed by atoms with van der Waals surface area (Å²) < 4.78 is 4.59. The molecule has 2 rings (SSSR count). The first-order valence-corrected chi connectivity index (χ1v) is 7.73. The van der Waals surface area contributed by atoms with Crippen molar-refractivity contribution in [1.29, 1.82) is 0 Å². The second kappa shape index (κ2) is 7.49. The van der Waals surface area contributed by atoms with Crippen LogP contribution in [-0.4, -0.2) is 43.6 Å². The van der Waals surface area contributed by atoms with E-state index in [0.717, 1.165) is 17.0 Å². The fourth-order valence-electron chi connectivity index (χ4n) is 2.48. The summed E-state index contributed by atoms with van der Waals surface area (Å²) in [5.41, 5.74) is 1.10. The lowest BCUT2D eigenvalue weighted by Crippen LogP contribution is -2.30. The van der Waals surface area contributed by atoms with Crippen LogP contribution < -0.4 is 5.32 Å². The minimum absolute atomic E-state index is 0.0119. The lowest BCUT2D eigenvalue weighted by atomic mass is 10.1. The number of carbonyl (C=O) groups excluding carboxylic acids is 2. The Morgan fingerprint density at radius 1 is 1.41 bits per heavy atom. The Hall–Kier alpha value is -1.75. The molecule has 0 aromatic heterocycles. The Morgan fingerprint density at radius 2 is 2.14 bits per heavy atom. The molecule has 1 saturated carbocycles. The van der Waals surface area contributed by atoms with Crippen molar-refractivity contribution in [1.82, 2.24) is 10.2 Å². The number of hydrogen-bond acceptors (Lipinski definition) is 3. The quantitative estimate of drug-likeness (QED) is 0.875. The summed E-state index contributed by atoms with van der Waals surface area (Å²) in [5.74, 6) is 0.327. The molecule has 0 unspecified atom stereocenters. The number of nitrogens with one attached hydrogen (secondary N) is 1. The van der Waals surface area contributed by atoms with E-state index in [4.69, 9.17) is 11.6 Å². The van der Waals surface area contributed by atoms with Crippen LogP contribution in [0.25, 0.3) is 0 Å². The number of rotatable bonds is 6. The van der Waals surface area contributed by atoms with E-state index in [0.29, 0.717) is 25.3 Å². The molecule has 22 heavy (non-hydrogen) atoms. The van der Waals surface area contributed by atoms with E-state index >= 15 is 0 Å². The minimum Gasteiger partial charge on any atom is -0.453 e. The molecule has 6 heteroatoms. The largest absolute Gasteiger partial charge is 0.453 e. The summed E-state index contributed by atoms with van der Waals surface area (Å²) >= 11 is 6.16. The third-order valence-corrected chi connectivity index (χ3v) is 4.17. The molecule has 1 N–H and O–H groups in total. The number of ether oxygens (including phenoxy) is 1. The van der Waals surface area contributed by atoms with Gasteiger partial charge in [0.1, 0.15) is 0 Å². The summed E-state index contributed by atoms with van der Waals surface area (Å²) in [6.07, 6.45) is 1.55. The molecule has 1 aromatic rings. The Balaban J connectivity index is 1.69. The number of hydrogen-bond donors (Lipinski definition) is 1. The third kappa shape index (κ3) is 4.37. The average Bonchev–Trinajstić information content (AvgIpc) is 3.25. The van der Waals surface area contributed by atoms with Crippen LogP contribution in [0.2, 0.25) is 5.02 Å². The van der Waals surface area contributed by atoms with Gasteiger partial charge in [0.05, 0.1) is 7.11 Å². The molecular weight excluding hydrogens is 304 g/mol. The van der Waals surface area contributed by atoms with Crippen molar-refractivity contribution in [2.75, 3.05) is 20.7 Å². The number of methoxy groups -OCH3 is 1. The predicted octanol–water partition coefficient (Wildman–Crippen LogP) is 2.79. The maximum atomic E-state index is 11.9. The second-order valence-corrected chi connectivity index (χ2v) is 5.94. The highest BCUT2D eigenvalue weighted by molar-refractivity contribution is 6.31.